The Labute approximate surface area is 108 Å². The van der Waals surface area contributed by atoms with E-state index in [1.807, 2.05) is 6.07 Å². The van der Waals surface area contributed by atoms with Gasteiger partial charge in [-0.2, -0.15) is 0 Å². The predicted molar refractivity (Wildman–Crippen MR) is 72.0 cm³/mol. The Morgan fingerprint density at radius 3 is 2.41 bits per heavy atom. The summed E-state index contributed by atoms with van der Waals surface area (Å²) < 4.78 is 0. The van der Waals surface area contributed by atoms with Gasteiger partial charge < -0.3 is 4.90 Å². The summed E-state index contributed by atoms with van der Waals surface area (Å²) in [5, 5.41) is 0.797. The third kappa shape index (κ3) is 2.81. The number of ketones is 1. The van der Waals surface area contributed by atoms with Gasteiger partial charge in [-0.1, -0.05) is 31.5 Å². The largest absolute Gasteiger partial charge is 0.369 e. The summed E-state index contributed by atoms with van der Waals surface area (Å²) in [5.41, 5.74) is 2.32. The molecule has 0 radical (unpaired) electrons. The molecule has 0 aliphatic carbocycles. The maximum absolute atomic E-state index is 11.2. The number of anilines is 1. The Kier molecular flexibility index (Phi) is 3.72. The lowest BCUT2D eigenvalue weighted by molar-refractivity contribution is -0.119. The molecule has 1 aliphatic rings. The van der Waals surface area contributed by atoms with Crippen molar-refractivity contribution in [3.8, 4) is 0 Å². The summed E-state index contributed by atoms with van der Waals surface area (Å²) in [5.74, 6) is 0.848. The van der Waals surface area contributed by atoms with Crippen LogP contribution in [0.15, 0.2) is 18.2 Å². The molecule has 17 heavy (non-hydrogen) atoms. The highest BCUT2D eigenvalue weighted by molar-refractivity contribution is 6.33. The van der Waals surface area contributed by atoms with E-state index >= 15 is 0 Å². The van der Waals surface area contributed by atoms with E-state index in [-0.39, 0.29) is 0 Å². The Bertz CT molecular complexity index is 418. The Morgan fingerprint density at radius 2 is 1.88 bits per heavy atom. The summed E-state index contributed by atoms with van der Waals surface area (Å²) in [6, 6.07) is 6.24. The zero-order chi connectivity index (χ0) is 12.4. The number of hydrogen-bond acceptors (Lipinski definition) is 2. The van der Waals surface area contributed by atoms with Crippen molar-refractivity contribution in [1.29, 1.82) is 0 Å². The van der Waals surface area contributed by atoms with Crippen LogP contribution in [-0.4, -0.2) is 18.9 Å². The van der Waals surface area contributed by atoms with Crippen LogP contribution in [0.25, 0.3) is 0 Å². The van der Waals surface area contributed by atoms with Gasteiger partial charge in [0.05, 0.1) is 10.7 Å². The van der Waals surface area contributed by atoms with E-state index in [9.17, 15) is 4.79 Å². The van der Waals surface area contributed by atoms with Crippen LogP contribution < -0.4 is 4.90 Å². The van der Waals surface area contributed by atoms with Crippen LogP contribution >= 0.6 is 11.6 Å². The highest BCUT2D eigenvalue weighted by atomic mass is 35.5. The topological polar surface area (TPSA) is 20.3 Å². The van der Waals surface area contributed by atoms with Crippen LogP contribution in [-0.2, 0) is 4.79 Å². The summed E-state index contributed by atoms with van der Waals surface area (Å²) in [6.07, 6.45) is 1.28. The SMILES string of the molecule is CC(C)c1ccc(N2CCC(=O)CC2)c(Cl)c1. The fourth-order valence-corrected chi connectivity index (χ4v) is 2.44. The van der Waals surface area contributed by atoms with E-state index < -0.39 is 0 Å². The number of Topliss-reactive ketones (excluding diaryl/α,β-unsaturated/α-hetero) is 1. The number of nitrogens with zero attached hydrogens (tertiary/aromatic N) is 1. The molecule has 0 bridgehead atoms. The van der Waals surface area contributed by atoms with Crippen molar-refractivity contribution in [2.24, 2.45) is 0 Å². The molecular formula is C14H18ClNO. The lowest BCUT2D eigenvalue weighted by Gasteiger charge is -2.29. The highest BCUT2D eigenvalue weighted by Gasteiger charge is 2.18. The van der Waals surface area contributed by atoms with Crippen molar-refractivity contribution < 1.29 is 4.79 Å². The maximum Gasteiger partial charge on any atom is 0.136 e. The highest BCUT2D eigenvalue weighted by Crippen LogP contribution is 2.30. The average molecular weight is 252 g/mol. The normalized spacial score (nSPS) is 16.7. The molecule has 92 valence electrons. The number of hydrogen-bond donors (Lipinski definition) is 0. The van der Waals surface area contributed by atoms with Gasteiger partial charge in [-0.15, -0.1) is 0 Å². The molecular weight excluding hydrogens is 234 g/mol. The first-order chi connectivity index (χ1) is 8.08. The molecule has 1 aromatic carbocycles. The van der Waals surface area contributed by atoms with E-state index in [0.29, 0.717) is 24.5 Å². The quantitative estimate of drug-likeness (QED) is 0.800. The molecule has 0 atom stereocenters. The molecule has 0 unspecified atom stereocenters. The number of benzene rings is 1. The molecule has 2 nitrogen and oxygen atoms in total. The van der Waals surface area contributed by atoms with E-state index in [4.69, 9.17) is 11.6 Å². The molecule has 0 amide bonds. The van der Waals surface area contributed by atoms with Gasteiger partial charge in [-0.3, -0.25) is 4.79 Å². The minimum atomic E-state index is 0.358. The fourth-order valence-electron chi connectivity index (χ4n) is 2.14. The molecule has 0 spiro atoms. The predicted octanol–water partition coefficient (Wildman–Crippen LogP) is 3.63. The Balaban J connectivity index is 2.19. The molecule has 0 aromatic heterocycles. The monoisotopic (exact) mass is 251 g/mol. The van der Waals surface area contributed by atoms with Crippen molar-refractivity contribution in [3.05, 3.63) is 28.8 Å². The van der Waals surface area contributed by atoms with Gasteiger partial charge in [-0.05, 0) is 23.6 Å². The van der Waals surface area contributed by atoms with Gasteiger partial charge in [0.15, 0.2) is 0 Å². The summed E-state index contributed by atoms with van der Waals surface area (Å²) >= 11 is 6.32. The number of rotatable bonds is 2. The summed E-state index contributed by atoms with van der Waals surface area (Å²) in [6.45, 7) is 5.90. The molecule has 1 aromatic rings. The third-order valence-electron chi connectivity index (χ3n) is 3.30. The van der Waals surface area contributed by atoms with Gasteiger partial charge >= 0.3 is 0 Å². The van der Waals surface area contributed by atoms with Crippen LogP contribution in [0, 0.1) is 0 Å². The van der Waals surface area contributed by atoms with Crippen molar-refractivity contribution in [2.45, 2.75) is 32.6 Å². The number of piperidine rings is 1. The van der Waals surface area contributed by atoms with Gasteiger partial charge in [0.25, 0.3) is 0 Å². The Morgan fingerprint density at radius 1 is 1.24 bits per heavy atom. The first kappa shape index (κ1) is 12.4. The fraction of sp³-hybridized carbons (Fsp3) is 0.500. The Hall–Kier alpha value is -1.02. The second kappa shape index (κ2) is 5.09. The standard InChI is InChI=1S/C14H18ClNO/c1-10(2)11-3-4-14(13(15)9-11)16-7-5-12(17)6-8-16/h3-4,9-10H,5-8H2,1-2H3. The first-order valence-electron chi connectivity index (χ1n) is 6.14. The summed E-state index contributed by atoms with van der Waals surface area (Å²) in [4.78, 5) is 13.4. The van der Waals surface area contributed by atoms with Crippen molar-refractivity contribution in [1.82, 2.24) is 0 Å². The van der Waals surface area contributed by atoms with E-state index in [1.54, 1.807) is 0 Å². The average Bonchev–Trinajstić information content (AvgIpc) is 2.30. The molecule has 2 rings (SSSR count). The van der Waals surface area contributed by atoms with E-state index in [0.717, 1.165) is 23.8 Å². The van der Waals surface area contributed by atoms with E-state index in [2.05, 4.69) is 30.9 Å². The first-order valence-corrected chi connectivity index (χ1v) is 6.52. The van der Waals surface area contributed by atoms with Crippen LogP contribution in [0.1, 0.15) is 38.2 Å². The van der Waals surface area contributed by atoms with Gasteiger partial charge in [0.1, 0.15) is 5.78 Å². The third-order valence-corrected chi connectivity index (χ3v) is 3.60. The minimum Gasteiger partial charge on any atom is -0.369 e. The molecule has 1 heterocycles. The number of halogens is 1. The van der Waals surface area contributed by atoms with Crippen LogP contribution in [0.4, 0.5) is 5.69 Å². The zero-order valence-electron chi connectivity index (χ0n) is 10.4. The lowest BCUT2D eigenvalue weighted by Crippen LogP contribution is -2.33. The maximum atomic E-state index is 11.2. The number of carbonyl (C=O) groups is 1. The van der Waals surface area contributed by atoms with Crippen LogP contribution in [0.3, 0.4) is 0 Å². The second-order valence-electron chi connectivity index (χ2n) is 4.89. The molecule has 3 heteroatoms. The molecule has 1 fully saturated rings. The summed E-state index contributed by atoms with van der Waals surface area (Å²) in [7, 11) is 0. The van der Waals surface area contributed by atoms with Crippen molar-refractivity contribution in [3.63, 3.8) is 0 Å². The lowest BCUT2D eigenvalue weighted by atomic mass is 10.0. The smallest absolute Gasteiger partial charge is 0.136 e. The molecule has 1 aliphatic heterocycles. The van der Waals surface area contributed by atoms with Gasteiger partial charge in [0, 0.05) is 25.9 Å². The van der Waals surface area contributed by atoms with Gasteiger partial charge in [-0.25, -0.2) is 0 Å². The van der Waals surface area contributed by atoms with Crippen LogP contribution in [0.2, 0.25) is 5.02 Å². The molecule has 1 saturated heterocycles. The van der Waals surface area contributed by atoms with Crippen molar-refractivity contribution in [2.75, 3.05) is 18.0 Å². The molecule has 0 N–H and O–H groups in total. The molecule has 0 saturated carbocycles. The van der Waals surface area contributed by atoms with Gasteiger partial charge in [0.2, 0.25) is 0 Å². The zero-order valence-corrected chi connectivity index (χ0v) is 11.1. The minimum absolute atomic E-state index is 0.358. The van der Waals surface area contributed by atoms with Crippen LogP contribution in [0.5, 0.6) is 0 Å². The van der Waals surface area contributed by atoms with E-state index in [1.165, 1.54) is 5.56 Å². The second-order valence-corrected chi connectivity index (χ2v) is 5.30. The van der Waals surface area contributed by atoms with Crippen molar-refractivity contribution >= 4 is 23.1 Å². The number of carbonyl (C=O) groups excluding carboxylic acids is 1.